The molecule has 0 aromatic rings. The Bertz CT molecular complexity index is 185. The predicted octanol–water partition coefficient (Wildman–Crippen LogP) is 3.48. The summed E-state index contributed by atoms with van der Waals surface area (Å²) in [7, 11) is 0. The quantitative estimate of drug-likeness (QED) is 0.630. The van der Waals surface area contributed by atoms with Gasteiger partial charge in [-0.2, -0.15) is 0 Å². The van der Waals surface area contributed by atoms with Gasteiger partial charge in [0, 0.05) is 6.42 Å². The first-order valence-corrected chi connectivity index (χ1v) is 5.70. The van der Waals surface area contributed by atoms with E-state index in [1.165, 1.54) is 12.0 Å². The summed E-state index contributed by atoms with van der Waals surface area (Å²) in [6.07, 6.45) is 6.33. The summed E-state index contributed by atoms with van der Waals surface area (Å²) in [5, 5.41) is 0. The van der Waals surface area contributed by atoms with Crippen molar-refractivity contribution in [3.63, 3.8) is 0 Å². The Labute approximate surface area is 87.3 Å². The van der Waals surface area contributed by atoms with Crippen molar-refractivity contribution in [3.05, 3.63) is 11.8 Å². The summed E-state index contributed by atoms with van der Waals surface area (Å²) in [4.78, 5) is 0. The van der Waals surface area contributed by atoms with Gasteiger partial charge in [-0.3, -0.25) is 0 Å². The molecule has 0 amide bonds. The van der Waals surface area contributed by atoms with Crippen molar-refractivity contribution in [1.29, 1.82) is 0 Å². The second kappa shape index (κ2) is 6.07. The molecule has 1 heterocycles. The maximum absolute atomic E-state index is 5.58. The Morgan fingerprint density at radius 3 is 2.86 bits per heavy atom. The van der Waals surface area contributed by atoms with Gasteiger partial charge in [0.2, 0.25) is 0 Å². The predicted molar refractivity (Wildman–Crippen MR) is 57.9 cm³/mol. The van der Waals surface area contributed by atoms with Crippen LogP contribution in [0.25, 0.3) is 0 Å². The molecule has 1 atom stereocenters. The molecule has 14 heavy (non-hydrogen) atoms. The van der Waals surface area contributed by atoms with E-state index in [4.69, 9.17) is 9.47 Å². The zero-order chi connectivity index (χ0) is 10.4. The maximum Gasteiger partial charge on any atom is 0.199 e. The molecule has 0 bridgehead atoms. The molecule has 0 aromatic heterocycles. The molecule has 0 saturated carbocycles. The van der Waals surface area contributed by atoms with Crippen LogP contribution in [0.2, 0.25) is 0 Å². The summed E-state index contributed by atoms with van der Waals surface area (Å²) in [5.41, 5.74) is 1.40. The van der Waals surface area contributed by atoms with E-state index >= 15 is 0 Å². The number of allylic oxidation sites excluding steroid dienone is 1. The highest BCUT2D eigenvalue weighted by molar-refractivity contribution is 5.03. The smallest absolute Gasteiger partial charge is 0.199 e. The molecule has 0 saturated heterocycles. The lowest BCUT2D eigenvalue weighted by Gasteiger charge is -2.24. The van der Waals surface area contributed by atoms with Crippen molar-refractivity contribution in [2.75, 3.05) is 6.61 Å². The average molecular weight is 198 g/mol. The minimum atomic E-state index is 0.00375. The van der Waals surface area contributed by atoms with Crippen LogP contribution in [0.15, 0.2) is 11.8 Å². The van der Waals surface area contributed by atoms with Crippen molar-refractivity contribution in [3.8, 4) is 0 Å². The highest BCUT2D eigenvalue weighted by Crippen LogP contribution is 2.23. The first-order chi connectivity index (χ1) is 6.74. The van der Waals surface area contributed by atoms with Gasteiger partial charge in [0.05, 0.1) is 12.9 Å². The molecule has 0 aliphatic carbocycles. The molecule has 0 aromatic carbocycles. The molecule has 2 heteroatoms. The first-order valence-electron chi connectivity index (χ1n) is 5.70. The zero-order valence-corrected chi connectivity index (χ0v) is 9.58. The number of unbranched alkanes of at least 4 members (excludes halogenated alkanes) is 1. The second-order valence-corrected chi connectivity index (χ2v) is 4.18. The van der Waals surface area contributed by atoms with Crippen molar-refractivity contribution >= 4 is 0 Å². The molecular weight excluding hydrogens is 176 g/mol. The van der Waals surface area contributed by atoms with E-state index < -0.39 is 0 Å². The SMILES string of the molecule is CCCCOC1CCC(C(C)C)=CO1. The molecule has 0 N–H and O–H groups in total. The molecule has 2 nitrogen and oxygen atoms in total. The lowest BCUT2D eigenvalue weighted by Crippen LogP contribution is -2.20. The van der Waals surface area contributed by atoms with Crippen LogP contribution in [0.1, 0.15) is 46.5 Å². The Morgan fingerprint density at radius 1 is 1.57 bits per heavy atom. The van der Waals surface area contributed by atoms with Gasteiger partial charge in [-0.05, 0) is 24.3 Å². The minimum absolute atomic E-state index is 0.00375. The first kappa shape index (κ1) is 11.6. The monoisotopic (exact) mass is 198 g/mol. The van der Waals surface area contributed by atoms with Gasteiger partial charge < -0.3 is 9.47 Å². The Hall–Kier alpha value is -0.500. The largest absolute Gasteiger partial charge is 0.473 e. The lowest BCUT2D eigenvalue weighted by molar-refractivity contribution is -0.118. The molecule has 0 radical (unpaired) electrons. The minimum Gasteiger partial charge on any atom is -0.473 e. The normalized spacial score (nSPS) is 22.0. The van der Waals surface area contributed by atoms with Crippen LogP contribution in [-0.4, -0.2) is 12.9 Å². The van der Waals surface area contributed by atoms with Gasteiger partial charge >= 0.3 is 0 Å². The van der Waals surface area contributed by atoms with Crippen LogP contribution in [0.5, 0.6) is 0 Å². The van der Waals surface area contributed by atoms with E-state index in [0.717, 1.165) is 25.9 Å². The third-order valence-electron chi connectivity index (χ3n) is 2.58. The van der Waals surface area contributed by atoms with Crippen LogP contribution in [-0.2, 0) is 9.47 Å². The summed E-state index contributed by atoms with van der Waals surface area (Å²) in [6, 6.07) is 0. The van der Waals surface area contributed by atoms with Crippen LogP contribution in [0.4, 0.5) is 0 Å². The van der Waals surface area contributed by atoms with Crippen LogP contribution >= 0.6 is 0 Å². The van der Waals surface area contributed by atoms with Gasteiger partial charge in [0.1, 0.15) is 0 Å². The topological polar surface area (TPSA) is 18.5 Å². The molecule has 1 aliphatic rings. The third kappa shape index (κ3) is 3.70. The fourth-order valence-corrected chi connectivity index (χ4v) is 1.48. The fraction of sp³-hybridized carbons (Fsp3) is 0.833. The summed E-state index contributed by atoms with van der Waals surface area (Å²) in [5.74, 6) is 0.603. The maximum atomic E-state index is 5.58. The molecular formula is C12H22O2. The van der Waals surface area contributed by atoms with Crippen molar-refractivity contribution in [2.24, 2.45) is 5.92 Å². The Morgan fingerprint density at radius 2 is 2.36 bits per heavy atom. The molecule has 0 fully saturated rings. The van der Waals surface area contributed by atoms with E-state index in [9.17, 15) is 0 Å². The Balaban J connectivity index is 2.21. The van der Waals surface area contributed by atoms with Gasteiger partial charge in [0.15, 0.2) is 6.29 Å². The number of hydrogen-bond donors (Lipinski definition) is 0. The number of rotatable bonds is 5. The van der Waals surface area contributed by atoms with Gasteiger partial charge in [-0.25, -0.2) is 0 Å². The molecule has 1 unspecified atom stereocenters. The summed E-state index contributed by atoms with van der Waals surface area (Å²) >= 11 is 0. The standard InChI is InChI=1S/C12H22O2/c1-4-5-8-13-12-7-6-11(9-14-12)10(2)3/h9-10,12H,4-8H2,1-3H3. The molecule has 1 rings (SSSR count). The van der Waals surface area contributed by atoms with Gasteiger partial charge in [-0.15, -0.1) is 0 Å². The van der Waals surface area contributed by atoms with Crippen LogP contribution in [0, 0.1) is 5.92 Å². The molecule has 1 aliphatic heterocycles. The highest BCUT2D eigenvalue weighted by atomic mass is 16.7. The van der Waals surface area contributed by atoms with Crippen molar-refractivity contribution in [1.82, 2.24) is 0 Å². The van der Waals surface area contributed by atoms with Crippen molar-refractivity contribution in [2.45, 2.75) is 52.7 Å². The van der Waals surface area contributed by atoms with Gasteiger partial charge in [-0.1, -0.05) is 27.2 Å². The van der Waals surface area contributed by atoms with Crippen LogP contribution < -0.4 is 0 Å². The van der Waals surface area contributed by atoms with Gasteiger partial charge in [0.25, 0.3) is 0 Å². The highest BCUT2D eigenvalue weighted by Gasteiger charge is 2.16. The number of ether oxygens (including phenoxy) is 2. The van der Waals surface area contributed by atoms with E-state index in [1.54, 1.807) is 0 Å². The fourth-order valence-electron chi connectivity index (χ4n) is 1.48. The lowest BCUT2D eigenvalue weighted by atomic mass is 9.98. The van der Waals surface area contributed by atoms with Crippen LogP contribution in [0.3, 0.4) is 0 Å². The van der Waals surface area contributed by atoms with E-state index in [-0.39, 0.29) is 6.29 Å². The summed E-state index contributed by atoms with van der Waals surface area (Å²) < 4.78 is 11.1. The molecule has 0 spiro atoms. The zero-order valence-electron chi connectivity index (χ0n) is 9.58. The van der Waals surface area contributed by atoms with E-state index in [0.29, 0.717) is 5.92 Å². The summed E-state index contributed by atoms with van der Waals surface area (Å²) in [6.45, 7) is 7.40. The number of hydrogen-bond acceptors (Lipinski definition) is 2. The Kier molecular flexibility index (Phi) is 5.02. The van der Waals surface area contributed by atoms with E-state index in [2.05, 4.69) is 20.8 Å². The average Bonchev–Trinajstić information content (AvgIpc) is 2.19. The third-order valence-corrected chi connectivity index (χ3v) is 2.58. The molecule has 82 valence electrons. The van der Waals surface area contributed by atoms with Crippen molar-refractivity contribution < 1.29 is 9.47 Å². The second-order valence-electron chi connectivity index (χ2n) is 4.18. The van der Waals surface area contributed by atoms with E-state index in [1.807, 2.05) is 6.26 Å².